The monoisotopic (exact) mass is 368 g/mol. The SMILES string of the molecule is CC(=O)c1ccc(NC(=O)C(C)OC(=O)CNC(=O)c2ccccc2)cc1. The number of nitrogens with one attached hydrogen (secondary N) is 2. The van der Waals surface area contributed by atoms with E-state index in [4.69, 9.17) is 4.74 Å². The first-order valence-corrected chi connectivity index (χ1v) is 8.31. The second kappa shape index (κ2) is 9.28. The number of ketones is 1. The van der Waals surface area contributed by atoms with Gasteiger partial charge in [0.25, 0.3) is 11.8 Å². The molecule has 0 saturated heterocycles. The summed E-state index contributed by atoms with van der Waals surface area (Å²) >= 11 is 0. The number of hydrogen-bond donors (Lipinski definition) is 2. The van der Waals surface area contributed by atoms with Crippen molar-refractivity contribution in [3.05, 3.63) is 65.7 Å². The van der Waals surface area contributed by atoms with Gasteiger partial charge in [0, 0.05) is 16.8 Å². The molecule has 7 heteroatoms. The molecular formula is C20H20N2O5. The Hall–Kier alpha value is -3.48. The second-order valence-corrected chi connectivity index (χ2v) is 5.80. The van der Waals surface area contributed by atoms with Crippen LogP contribution in [0.1, 0.15) is 34.6 Å². The van der Waals surface area contributed by atoms with Crippen molar-refractivity contribution in [2.45, 2.75) is 20.0 Å². The molecule has 1 unspecified atom stereocenters. The Kier molecular flexibility index (Phi) is 6.82. The van der Waals surface area contributed by atoms with Crippen LogP contribution in [-0.4, -0.2) is 36.2 Å². The number of hydrogen-bond acceptors (Lipinski definition) is 5. The van der Waals surface area contributed by atoms with Crippen LogP contribution in [0.15, 0.2) is 54.6 Å². The molecule has 27 heavy (non-hydrogen) atoms. The summed E-state index contributed by atoms with van der Waals surface area (Å²) in [7, 11) is 0. The third-order valence-corrected chi connectivity index (χ3v) is 3.67. The maximum atomic E-state index is 12.1. The Balaban J connectivity index is 1.80. The number of ether oxygens (including phenoxy) is 1. The van der Waals surface area contributed by atoms with Gasteiger partial charge in [-0.05, 0) is 50.2 Å². The zero-order chi connectivity index (χ0) is 19.8. The summed E-state index contributed by atoms with van der Waals surface area (Å²) in [6.45, 7) is 2.53. The van der Waals surface area contributed by atoms with Crippen molar-refractivity contribution in [3.8, 4) is 0 Å². The van der Waals surface area contributed by atoms with E-state index in [2.05, 4.69) is 10.6 Å². The van der Waals surface area contributed by atoms with Gasteiger partial charge in [0.2, 0.25) is 0 Å². The Morgan fingerprint density at radius 1 is 0.926 bits per heavy atom. The first-order valence-electron chi connectivity index (χ1n) is 8.31. The van der Waals surface area contributed by atoms with Gasteiger partial charge in [0.15, 0.2) is 11.9 Å². The van der Waals surface area contributed by atoms with Crippen LogP contribution >= 0.6 is 0 Å². The first kappa shape index (κ1) is 19.8. The summed E-state index contributed by atoms with van der Waals surface area (Å²) in [5.41, 5.74) is 1.43. The molecule has 0 spiro atoms. The van der Waals surface area contributed by atoms with Crippen LogP contribution in [0.2, 0.25) is 0 Å². The van der Waals surface area contributed by atoms with E-state index in [-0.39, 0.29) is 12.3 Å². The standard InChI is InChI=1S/C20H20N2O5/c1-13(23)15-8-10-17(11-9-15)22-19(25)14(2)27-18(24)12-21-20(26)16-6-4-3-5-7-16/h3-11,14H,12H2,1-2H3,(H,21,26)(H,22,25). The van der Waals surface area contributed by atoms with E-state index in [0.29, 0.717) is 16.8 Å². The van der Waals surface area contributed by atoms with Crippen LogP contribution in [0.5, 0.6) is 0 Å². The summed E-state index contributed by atoms with van der Waals surface area (Å²) in [6.07, 6.45) is -1.04. The molecule has 2 aromatic carbocycles. The van der Waals surface area contributed by atoms with Crippen molar-refractivity contribution in [2.75, 3.05) is 11.9 Å². The summed E-state index contributed by atoms with van der Waals surface area (Å²) in [6, 6.07) is 14.8. The van der Waals surface area contributed by atoms with Crippen molar-refractivity contribution in [2.24, 2.45) is 0 Å². The zero-order valence-electron chi connectivity index (χ0n) is 15.0. The molecule has 2 N–H and O–H groups in total. The molecule has 0 aliphatic heterocycles. The number of amides is 2. The molecule has 2 rings (SSSR count). The Labute approximate surface area is 156 Å². The quantitative estimate of drug-likeness (QED) is 0.576. The average Bonchev–Trinajstić information content (AvgIpc) is 2.67. The lowest BCUT2D eigenvalue weighted by molar-refractivity contribution is -0.152. The highest BCUT2D eigenvalue weighted by atomic mass is 16.5. The highest BCUT2D eigenvalue weighted by Gasteiger charge is 2.18. The highest BCUT2D eigenvalue weighted by Crippen LogP contribution is 2.11. The minimum Gasteiger partial charge on any atom is -0.451 e. The predicted octanol–water partition coefficient (Wildman–Crippen LogP) is 2.19. The fraction of sp³-hybridized carbons (Fsp3) is 0.200. The van der Waals surface area contributed by atoms with Crippen molar-refractivity contribution in [1.82, 2.24) is 5.32 Å². The van der Waals surface area contributed by atoms with Crippen LogP contribution in [0.3, 0.4) is 0 Å². The molecule has 0 aliphatic rings. The normalized spacial score (nSPS) is 11.2. The highest BCUT2D eigenvalue weighted by molar-refractivity contribution is 5.98. The van der Waals surface area contributed by atoms with E-state index >= 15 is 0 Å². The van der Waals surface area contributed by atoms with E-state index in [9.17, 15) is 19.2 Å². The molecule has 2 amide bonds. The summed E-state index contributed by atoms with van der Waals surface area (Å²) < 4.78 is 5.01. The van der Waals surface area contributed by atoms with E-state index < -0.39 is 23.9 Å². The lowest BCUT2D eigenvalue weighted by Crippen LogP contribution is -2.35. The molecule has 0 radical (unpaired) electrons. The molecule has 140 valence electrons. The van der Waals surface area contributed by atoms with E-state index in [0.717, 1.165) is 0 Å². The van der Waals surface area contributed by atoms with Crippen LogP contribution in [0.4, 0.5) is 5.69 Å². The minimum absolute atomic E-state index is 0.0762. The van der Waals surface area contributed by atoms with Gasteiger partial charge in [0.05, 0.1) is 0 Å². The van der Waals surface area contributed by atoms with Crippen molar-refractivity contribution >= 4 is 29.3 Å². The number of rotatable bonds is 7. The maximum absolute atomic E-state index is 12.1. The second-order valence-electron chi connectivity index (χ2n) is 5.80. The molecule has 2 aromatic rings. The molecule has 0 bridgehead atoms. The largest absolute Gasteiger partial charge is 0.451 e. The van der Waals surface area contributed by atoms with Gasteiger partial charge in [-0.25, -0.2) is 0 Å². The van der Waals surface area contributed by atoms with Crippen LogP contribution in [0, 0.1) is 0 Å². The third kappa shape index (κ3) is 6.07. The van der Waals surface area contributed by atoms with Crippen LogP contribution in [-0.2, 0) is 14.3 Å². The number of anilines is 1. The number of carbonyl (C=O) groups is 4. The third-order valence-electron chi connectivity index (χ3n) is 3.67. The molecule has 0 heterocycles. The number of carbonyl (C=O) groups excluding carboxylic acids is 4. The molecule has 0 saturated carbocycles. The van der Waals surface area contributed by atoms with Crippen molar-refractivity contribution < 1.29 is 23.9 Å². The molecule has 1 atom stereocenters. The maximum Gasteiger partial charge on any atom is 0.326 e. The first-order chi connectivity index (χ1) is 12.9. The topological polar surface area (TPSA) is 102 Å². The lowest BCUT2D eigenvalue weighted by Gasteiger charge is -2.14. The fourth-order valence-electron chi connectivity index (χ4n) is 2.17. The summed E-state index contributed by atoms with van der Waals surface area (Å²) in [5.74, 6) is -1.73. The van der Waals surface area contributed by atoms with Gasteiger partial charge in [-0.15, -0.1) is 0 Å². The molecular weight excluding hydrogens is 348 g/mol. The Morgan fingerprint density at radius 3 is 2.15 bits per heavy atom. The van der Waals surface area contributed by atoms with Crippen molar-refractivity contribution in [3.63, 3.8) is 0 Å². The van der Waals surface area contributed by atoms with Gasteiger partial charge in [-0.2, -0.15) is 0 Å². The van der Waals surface area contributed by atoms with Gasteiger partial charge < -0.3 is 15.4 Å². The molecule has 7 nitrogen and oxygen atoms in total. The van der Waals surface area contributed by atoms with E-state index in [1.54, 1.807) is 54.6 Å². The summed E-state index contributed by atoms with van der Waals surface area (Å²) in [4.78, 5) is 47.0. The van der Waals surface area contributed by atoms with Gasteiger partial charge in [0.1, 0.15) is 6.54 Å². The lowest BCUT2D eigenvalue weighted by atomic mass is 10.1. The fourth-order valence-corrected chi connectivity index (χ4v) is 2.17. The van der Waals surface area contributed by atoms with Gasteiger partial charge >= 0.3 is 5.97 Å². The number of esters is 1. The minimum atomic E-state index is -1.04. The summed E-state index contributed by atoms with van der Waals surface area (Å²) in [5, 5.41) is 5.02. The Morgan fingerprint density at radius 2 is 1.56 bits per heavy atom. The van der Waals surface area contributed by atoms with Gasteiger partial charge in [-0.3, -0.25) is 19.2 Å². The van der Waals surface area contributed by atoms with Crippen LogP contribution < -0.4 is 10.6 Å². The number of Topliss-reactive ketones (excluding diaryl/α,β-unsaturated/α-hetero) is 1. The van der Waals surface area contributed by atoms with E-state index in [1.165, 1.54) is 13.8 Å². The smallest absolute Gasteiger partial charge is 0.326 e. The zero-order valence-corrected chi connectivity index (χ0v) is 15.0. The molecule has 0 aromatic heterocycles. The van der Waals surface area contributed by atoms with E-state index in [1.807, 2.05) is 0 Å². The van der Waals surface area contributed by atoms with Crippen LogP contribution in [0.25, 0.3) is 0 Å². The Bertz CT molecular complexity index is 831. The predicted molar refractivity (Wildman–Crippen MR) is 99.4 cm³/mol. The van der Waals surface area contributed by atoms with Gasteiger partial charge in [-0.1, -0.05) is 18.2 Å². The molecule has 0 aliphatic carbocycles. The number of benzene rings is 2. The average molecular weight is 368 g/mol. The van der Waals surface area contributed by atoms with Crippen molar-refractivity contribution in [1.29, 1.82) is 0 Å². The molecule has 0 fully saturated rings.